The van der Waals surface area contributed by atoms with Crippen molar-refractivity contribution < 1.29 is 28.5 Å². The second-order valence-corrected chi connectivity index (χ2v) is 6.50. The van der Waals surface area contributed by atoms with Crippen molar-refractivity contribution in [3.8, 4) is 23.0 Å². The van der Waals surface area contributed by atoms with Crippen LogP contribution in [0.2, 0.25) is 0 Å². The maximum atomic E-state index is 12.3. The Balaban J connectivity index is 1.45. The van der Waals surface area contributed by atoms with Crippen molar-refractivity contribution in [2.24, 2.45) is 0 Å². The molecule has 0 aliphatic carbocycles. The van der Waals surface area contributed by atoms with E-state index in [2.05, 4.69) is 5.32 Å². The van der Waals surface area contributed by atoms with Crippen LogP contribution < -0.4 is 19.5 Å². The molecule has 1 atom stereocenters. The van der Waals surface area contributed by atoms with Crippen LogP contribution in [-0.2, 0) is 14.3 Å². The van der Waals surface area contributed by atoms with Gasteiger partial charge < -0.3 is 24.3 Å². The van der Waals surface area contributed by atoms with Crippen LogP contribution in [0.15, 0.2) is 78.9 Å². The number of benzene rings is 3. The summed E-state index contributed by atoms with van der Waals surface area (Å²) in [5.74, 6) is 1.22. The van der Waals surface area contributed by atoms with Gasteiger partial charge in [0.2, 0.25) is 0 Å². The standard InChI is InChI=1S/C24H23NO6/c1-17(24(27)25-21-10-6-7-11-22(21)28-2)30-23(26)16-29-18-12-14-20(15-13-18)31-19-8-4-3-5-9-19/h3-15,17H,16H2,1-2H3,(H,25,27). The summed E-state index contributed by atoms with van der Waals surface area (Å²) in [6.07, 6.45) is -0.998. The largest absolute Gasteiger partial charge is 0.495 e. The van der Waals surface area contributed by atoms with Crippen molar-refractivity contribution in [3.05, 3.63) is 78.9 Å². The van der Waals surface area contributed by atoms with Crippen LogP contribution in [0.5, 0.6) is 23.0 Å². The van der Waals surface area contributed by atoms with Gasteiger partial charge in [0, 0.05) is 0 Å². The molecule has 0 aliphatic heterocycles. The van der Waals surface area contributed by atoms with Crippen LogP contribution in [-0.4, -0.2) is 31.7 Å². The highest BCUT2D eigenvalue weighted by atomic mass is 16.6. The SMILES string of the molecule is COc1ccccc1NC(=O)C(C)OC(=O)COc1ccc(Oc2ccccc2)cc1. The minimum absolute atomic E-state index is 0.328. The Kier molecular flexibility index (Phi) is 7.48. The molecule has 0 aromatic heterocycles. The van der Waals surface area contributed by atoms with Gasteiger partial charge in [-0.1, -0.05) is 30.3 Å². The molecule has 0 saturated carbocycles. The highest BCUT2D eigenvalue weighted by Gasteiger charge is 2.19. The molecule has 160 valence electrons. The Bertz CT molecular complexity index is 1000. The molecule has 0 radical (unpaired) electrons. The molecule has 0 aliphatic rings. The van der Waals surface area contributed by atoms with Crippen molar-refractivity contribution in [1.29, 1.82) is 0 Å². The van der Waals surface area contributed by atoms with Gasteiger partial charge >= 0.3 is 5.97 Å². The summed E-state index contributed by atoms with van der Waals surface area (Å²) in [5, 5.41) is 2.67. The highest BCUT2D eigenvalue weighted by molar-refractivity contribution is 5.96. The first-order chi connectivity index (χ1) is 15.0. The second kappa shape index (κ2) is 10.7. The van der Waals surface area contributed by atoms with E-state index in [1.54, 1.807) is 48.5 Å². The van der Waals surface area contributed by atoms with Crippen LogP contribution >= 0.6 is 0 Å². The van der Waals surface area contributed by atoms with Crippen LogP contribution in [0, 0.1) is 0 Å². The Morgan fingerprint density at radius 3 is 2.16 bits per heavy atom. The van der Waals surface area contributed by atoms with Gasteiger partial charge in [-0.05, 0) is 55.5 Å². The fourth-order valence-corrected chi connectivity index (χ4v) is 2.64. The number of methoxy groups -OCH3 is 1. The quantitative estimate of drug-likeness (QED) is 0.515. The molecular weight excluding hydrogens is 398 g/mol. The van der Waals surface area contributed by atoms with Crippen molar-refractivity contribution in [1.82, 2.24) is 0 Å². The van der Waals surface area contributed by atoms with Crippen molar-refractivity contribution in [3.63, 3.8) is 0 Å². The molecule has 3 aromatic rings. The van der Waals surface area contributed by atoms with E-state index in [1.165, 1.54) is 14.0 Å². The first kappa shape index (κ1) is 21.7. The zero-order chi connectivity index (χ0) is 22.1. The predicted molar refractivity (Wildman–Crippen MR) is 116 cm³/mol. The smallest absolute Gasteiger partial charge is 0.344 e. The topological polar surface area (TPSA) is 83.1 Å². The maximum Gasteiger partial charge on any atom is 0.344 e. The lowest BCUT2D eigenvalue weighted by Gasteiger charge is -2.15. The number of anilines is 1. The molecule has 1 unspecified atom stereocenters. The van der Waals surface area contributed by atoms with E-state index in [-0.39, 0.29) is 6.61 Å². The molecule has 3 rings (SSSR count). The Labute approximate surface area is 180 Å². The zero-order valence-electron chi connectivity index (χ0n) is 17.2. The molecule has 31 heavy (non-hydrogen) atoms. The molecule has 1 N–H and O–H groups in total. The predicted octanol–water partition coefficient (Wildman–Crippen LogP) is 4.44. The molecule has 1 amide bonds. The average Bonchev–Trinajstić information content (AvgIpc) is 2.79. The molecule has 3 aromatic carbocycles. The van der Waals surface area contributed by atoms with Gasteiger partial charge in [0.1, 0.15) is 23.0 Å². The maximum absolute atomic E-state index is 12.3. The average molecular weight is 421 g/mol. The lowest BCUT2D eigenvalue weighted by Crippen LogP contribution is -2.31. The van der Waals surface area contributed by atoms with E-state index in [1.807, 2.05) is 30.3 Å². The number of hydrogen-bond acceptors (Lipinski definition) is 6. The molecule has 7 heteroatoms. The minimum Gasteiger partial charge on any atom is -0.495 e. The van der Waals surface area contributed by atoms with Gasteiger partial charge in [-0.2, -0.15) is 0 Å². The summed E-state index contributed by atoms with van der Waals surface area (Å²) < 4.78 is 21.5. The summed E-state index contributed by atoms with van der Waals surface area (Å²) in [5.41, 5.74) is 0.493. The number of carbonyl (C=O) groups is 2. The highest BCUT2D eigenvalue weighted by Crippen LogP contribution is 2.24. The van der Waals surface area contributed by atoms with Gasteiger partial charge in [0.15, 0.2) is 12.7 Å². The molecule has 0 bridgehead atoms. The first-order valence-electron chi connectivity index (χ1n) is 9.64. The van der Waals surface area contributed by atoms with Gasteiger partial charge in [0.25, 0.3) is 5.91 Å². The van der Waals surface area contributed by atoms with Gasteiger partial charge in [-0.15, -0.1) is 0 Å². The molecule has 0 saturated heterocycles. The third-order valence-corrected chi connectivity index (χ3v) is 4.20. The normalized spacial score (nSPS) is 11.2. The number of para-hydroxylation sites is 3. The Hall–Kier alpha value is -4.00. The van der Waals surface area contributed by atoms with E-state index in [0.29, 0.717) is 22.9 Å². The van der Waals surface area contributed by atoms with Gasteiger partial charge in [-0.25, -0.2) is 4.79 Å². The lowest BCUT2D eigenvalue weighted by molar-refractivity contribution is -0.155. The fourth-order valence-electron chi connectivity index (χ4n) is 2.64. The number of hydrogen-bond donors (Lipinski definition) is 1. The van der Waals surface area contributed by atoms with Crippen LogP contribution in [0.4, 0.5) is 5.69 Å². The number of esters is 1. The first-order valence-corrected chi connectivity index (χ1v) is 9.64. The number of rotatable bonds is 9. The third kappa shape index (κ3) is 6.50. The van der Waals surface area contributed by atoms with Crippen molar-refractivity contribution >= 4 is 17.6 Å². The summed E-state index contributed by atoms with van der Waals surface area (Å²) in [4.78, 5) is 24.3. The van der Waals surface area contributed by atoms with E-state index < -0.39 is 18.0 Å². The summed E-state index contributed by atoms with van der Waals surface area (Å²) in [7, 11) is 1.51. The molecule has 0 spiro atoms. The van der Waals surface area contributed by atoms with Gasteiger partial charge in [-0.3, -0.25) is 4.79 Å². The Morgan fingerprint density at radius 1 is 0.839 bits per heavy atom. The number of nitrogens with one attached hydrogen (secondary N) is 1. The third-order valence-electron chi connectivity index (χ3n) is 4.20. The summed E-state index contributed by atoms with van der Waals surface area (Å²) in [6, 6.07) is 23.2. The van der Waals surface area contributed by atoms with E-state index in [4.69, 9.17) is 18.9 Å². The van der Waals surface area contributed by atoms with Crippen molar-refractivity contribution in [2.45, 2.75) is 13.0 Å². The number of amides is 1. The van der Waals surface area contributed by atoms with Gasteiger partial charge in [0.05, 0.1) is 12.8 Å². The summed E-state index contributed by atoms with van der Waals surface area (Å²) in [6.45, 7) is 1.16. The number of ether oxygens (including phenoxy) is 4. The van der Waals surface area contributed by atoms with Crippen LogP contribution in [0.25, 0.3) is 0 Å². The van der Waals surface area contributed by atoms with E-state index in [0.717, 1.165) is 5.75 Å². The number of carbonyl (C=O) groups excluding carboxylic acids is 2. The van der Waals surface area contributed by atoms with Crippen LogP contribution in [0.3, 0.4) is 0 Å². The van der Waals surface area contributed by atoms with Crippen LogP contribution in [0.1, 0.15) is 6.92 Å². The fraction of sp³-hybridized carbons (Fsp3) is 0.167. The zero-order valence-corrected chi connectivity index (χ0v) is 17.2. The van der Waals surface area contributed by atoms with E-state index >= 15 is 0 Å². The molecule has 7 nitrogen and oxygen atoms in total. The molecular formula is C24H23NO6. The van der Waals surface area contributed by atoms with Crippen molar-refractivity contribution in [2.75, 3.05) is 19.0 Å². The molecule has 0 heterocycles. The second-order valence-electron chi connectivity index (χ2n) is 6.50. The monoisotopic (exact) mass is 421 g/mol. The lowest BCUT2D eigenvalue weighted by atomic mass is 10.2. The minimum atomic E-state index is -0.998. The summed E-state index contributed by atoms with van der Waals surface area (Å²) >= 11 is 0. The molecule has 0 fully saturated rings. The van der Waals surface area contributed by atoms with E-state index in [9.17, 15) is 9.59 Å². The Morgan fingerprint density at radius 2 is 1.45 bits per heavy atom.